The van der Waals surface area contributed by atoms with Gasteiger partial charge in [0.05, 0.1) is 10.7 Å². The normalized spacial score (nSPS) is 10.9. The Bertz CT molecular complexity index is 347. The molecule has 15 heavy (non-hydrogen) atoms. The van der Waals surface area contributed by atoms with E-state index in [9.17, 15) is 4.79 Å². The van der Waals surface area contributed by atoms with Crippen LogP contribution >= 0.6 is 11.3 Å². The van der Waals surface area contributed by atoms with Crippen molar-refractivity contribution in [1.29, 1.82) is 0 Å². The Morgan fingerprint density at radius 1 is 1.60 bits per heavy atom. The fourth-order valence-corrected chi connectivity index (χ4v) is 2.13. The molecule has 0 saturated carbocycles. The zero-order valence-corrected chi connectivity index (χ0v) is 10.0. The monoisotopic (exact) mass is 228 g/mol. The highest BCUT2D eigenvalue weighted by molar-refractivity contribution is 7.13. The second-order valence-corrected chi connectivity index (χ2v) is 4.77. The molecule has 0 aliphatic heterocycles. The Kier molecular flexibility index (Phi) is 4.23. The minimum Gasteiger partial charge on any atom is -0.477 e. The number of hydrogen-bond acceptors (Lipinski definition) is 4. The third-order valence-corrected chi connectivity index (χ3v) is 3.13. The van der Waals surface area contributed by atoms with Gasteiger partial charge in [-0.1, -0.05) is 13.8 Å². The van der Waals surface area contributed by atoms with Crippen molar-refractivity contribution in [3.8, 4) is 0 Å². The number of aromatic nitrogens is 1. The summed E-state index contributed by atoms with van der Waals surface area (Å²) in [5.41, 5.74) is 0.618. The maximum absolute atomic E-state index is 10.8. The van der Waals surface area contributed by atoms with Crippen LogP contribution in [0.5, 0.6) is 0 Å². The molecule has 0 spiro atoms. The molecule has 0 unspecified atom stereocenters. The van der Waals surface area contributed by atoms with Crippen LogP contribution in [0, 0.1) is 6.92 Å². The molecule has 0 fully saturated rings. The molecule has 0 aliphatic rings. The van der Waals surface area contributed by atoms with Crippen LogP contribution in [0.2, 0.25) is 0 Å². The molecular weight excluding hydrogens is 212 g/mol. The summed E-state index contributed by atoms with van der Waals surface area (Å²) in [4.78, 5) is 15.4. The molecule has 0 amide bonds. The van der Waals surface area contributed by atoms with Crippen LogP contribution in [0.4, 0.5) is 0 Å². The average Bonchev–Trinajstić information content (AvgIpc) is 2.46. The van der Waals surface area contributed by atoms with E-state index in [1.54, 1.807) is 6.92 Å². The standard InChI is InChI=1S/C10H16N2O2S/c1-6(2)11-5-4-8-12-7(3)9(15-8)10(13)14/h6,11H,4-5H2,1-3H3,(H,13,14). The SMILES string of the molecule is Cc1nc(CCNC(C)C)sc1C(=O)O. The average molecular weight is 228 g/mol. The lowest BCUT2D eigenvalue weighted by Gasteiger charge is -2.05. The predicted octanol–water partition coefficient (Wildman–Crippen LogP) is 1.69. The van der Waals surface area contributed by atoms with Crippen molar-refractivity contribution in [3.63, 3.8) is 0 Å². The second-order valence-electron chi connectivity index (χ2n) is 3.69. The molecule has 4 nitrogen and oxygen atoms in total. The van der Waals surface area contributed by atoms with E-state index in [2.05, 4.69) is 24.1 Å². The Hall–Kier alpha value is -0.940. The van der Waals surface area contributed by atoms with Crippen LogP contribution in [-0.4, -0.2) is 28.6 Å². The molecular formula is C10H16N2O2S. The van der Waals surface area contributed by atoms with Gasteiger partial charge in [-0.05, 0) is 6.92 Å². The first-order valence-corrected chi connectivity index (χ1v) is 5.75. The number of rotatable bonds is 5. The lowest BCUT2D eigenvalue weighted by atomic mass is 10.3. The van der Waals surface area contributed by atoms with Crippen LogP contribution < -0.4 is 5.32 Å². The van der Waals surface area contributed by atoms with E-state index in [-0.39, 0.29) is 0 Å². The maximum atomic E-state index is 10.8. The molecule has 0 atom stereocenters. The summed E-state index contributed by atoms with van der Waals surface area (Å²) in [6.07, 6.45) is 0.789. The number of thiazole rings is 1. The zero-order chi connectivity index (χ0) is 11.4. The summed E-state index contributed by atoms with van der Waals surface area (Å²) >= 11 is 1.27. The van der Waals surface area contributed by atoms with E-state index >= 15 is 0 Å². The number of aryl methyl sites for hydroxylation is 1. The number of aromatic carboxylic acids is 1. The quantitative estimate of drug-likeness (QED) is 0.805. The first-order valence-electron chi connectivity index (χ1n) is 4.93. The van der Waals surface area contributed by atoms with Crippen molar-refractivity contribution in [2.75, 3.05) is 6.54 Å². The fraction of sp³-hybridized carbons (Fsp3) is 0.600. The van der Waals surface area contributed by atoms with Crippen molar-refractivity contribution in [2.24, 2.45) is 0 Å². The highest BCUT2D eigenvalue weighted by Crippen LogP contribution is 2.17. The molecule has 1 aromatic rings. The first kappa shape index (κ1) is 12.1. The number of carbonyl (C=O) groups is 1. The molecule has 1 aromatic heterocycles. The summed E-state index contributed by atoms with van der Waals surface area (Å²) in [6.45, 7) is 6.73. The van der Waals surface area contributed by atoms with Gasteiger partial charge in [0, 0.05) is 19.0 Å². The van der Waals surface area contributed by atoms with Crippen molar-refractivity contribution in [3.05, 3.63) is 15.6 Å². The summed E-state index contributed by atoms with van der Waals surface area (Å²) in [7, 11) is 0. The largest absolute Gasteiger partial charge is 0.477 e. The van der Waals surface area contributed by atoms with Gasteiger partial charge in [-0.15, -0.1) is 11.3 Å². The molecule has 2 N–H and O–H groups in total. The Morgan fingerprint density at radius 3 is 2.73 bits per heavy atom. The Balaban J connectivity index is 2.56. The third kappa shape index (κ3) is 3.60. The van der Waals surface area contributed by atoms with Crippen molar-refractivity contribution >= 4 is 17.3 Å². The summed E-state index contributed by atoms with van der Waals surface area (Å²) in [5, 5.41) is 13.0. The molecule has 0 aromatic carbocycles. The van der Waals surface area contributed by atoms with Gasteiger partial charge >= 0.3 is 5.97 Å². The summed E-state index contributed by atoms with van der Waals surface area (Å²) in [5.74, 6) is -0.881. The summed E-state index contributed by atoms with van der Waals surface area (Å²) in [6, 6.07) is 0.449. The van der Waals surface area contributed by atoms with Gasteiger partial charge in [0.25, 0.3) is 0 Å². The van der Waals surface area contributed by atoms with Crippen LogP contribution in [0.1, 0.15) is 34.2 Å². The number of carboxylic acids is 1. The molecule has 5 heteroatoms. The van der Waals surface area contributed by atoms with Crippen LogP contribution in [-0.2, 0) is 6.42 Å². The van der Waals surface area contributed by atoms with E-state index < -0.39 is 5.97 Å². The highest BCUT2D eigenvalue weighted by atomic mass is 32.1. The highest BCUT2D eigenvalue weighted by Gasteiger charge is 2.13. The van der Waals surface area contributed by atoms with E-state index in [1.165, 1.54) is 11.3 Å². The molecule has 0 radical (unpaired) electrons. The lowest BCUT2D eigenvalue weighted by Crippen LogP contribution is -2.24. The molecule has 1 heterocycles. The summed E-state index contributed by atoms with van der Waals surface area (Å²) < 4.78 is 0. The Labute approximate surface area is 93.4 Å². The topological polar surface area (TPSA) is 62.2 Å². The van der Waals surface area contributed by atoms with Gasteiger partial charge in [0.15, 0.2) is 0 Å². The fourth-order valence-electron chi connectivity index (χ4n) is 1.23. The van der Waals surface area contributed by atoms with E-state index in [0.29, 0.717) is 16.6 Å². The van der Waals surface area contributed by atoms with Crippen LogP contribution in [0.15, 0.2) is 0 Å². The number of carboxylic acid groups (broad SMARTS) is 1. The second kappa shape index (κ2) is 5.23. The molecule has 0 saturated heterocycles. The van der Waals surface area contributed by atoms with Gasteiger partial charge in [-0.25, -0.2) is 9.78 Å². The minimum absolute atomic E-state index is 0.356. The lowest BCUT2D eigenvalue weighted by molar-refractivity contribution is 0.0701. The maximum Gasteiger partial charge on any atom is 0.347 e. The van der Waals surface area contributed by atoms with Crippen LogP contribution in [0.25, 0.3) is 0 Å². The van der Waals surface area contributed by atoms with Crippen molar-refractivity contribution in [1.82, 2.24) is 10.3 Å². The predicted molar refractivity (Wildman–Crippen MR) is 60.7 cm³/mol. The van der Waals surface area contributed by atoms with Gasteiger partial charge in [0.1, 0.15) is 4.88 Å². The number of nitrogens with zero attached hydrogens (tertiary/aromatic N) is 1. The zero-order valence-electron chi connectivity index (χ0n) is 9.20. The van der Waals surface area contributed by atoms with Crippen molar-refractivity contribution < 1.29 is 9.90 Å². The van der Waals surface area contributed by atoms with Crippen LogP contribution in [0.3, 0.4) is 0 Å². The van der Waals surface area contributed by atoms with Gasteiger partial charge in [-0.3, -0.25) is 0 Å². The van der Waals surface area contributed by atoms with E-state index in [0.717, 1.165) is 18.0 Å². The van der Waals surface area contributed by atoms with E-state index in [1.807, 2.05) is 0 Å². The molecule has 1 rings (SSSR count). The number of nitrogens with one attached hydrogen (secondary N) is 1. The van der Waals surface area contributed by atoms with Gasteiger partial charge in [0.2, 0.25) is 0 Å². The number of hydrogen-bond donors (Lipinski definition) is 2. The van der Waals surface area contributed by atoms with Gasteiger partial charge in [-0.2, -0.15) is 0 Å². The Morgan fingerprint density at radius 2 is 2.27 bits per heavy atom. The minimum atomic E-state index is -0.881. The van der Waals surface area contributed by atoms with E-state index in [4.69, 9.17) is 5.11 Å². The third-order valence-electron chi connectivity index (χ3n) is 1.93. The molecule has 84 valence electrons. The van der Waals surface area contributed by atoms with Crippen molar-refractivity contribution in [2.45, 2.75) is 33.2 Å². The smallest absolute Gasteiger partial charge is 0.347 e. The van der Waals surface area contributed by atoms with Gasteiger partial charge < -0.3 is 10.4 Å². The molecule has 0 aliphatic carbocycles. The first-order chi connectivity index (χ1) is 7.00. The molecule has 0 bridgehead atoms.